The van der Waals surface area contributed by atoms with Gasteiger partial charge in [0.2, 0.25) is 0 Å². The molecule has 140 valence electrons. The molecule has 0 bridgehead atoms. The van der Waals surface area contributed by atoms with Gasteiger partial charge in [0, 0.05) is 17.0 Å². The normalized spacial score (nSPS) is 10.9. The number of ether oxygens (including phenoxy) is 1. The molecule has 5 heteroatoms. The number of aliphatic carboxylic acids is 1. The van der Waals surface area contributed by atoms with Crippen molar-refractivity contribution in [1.82, 2.24) is 4.90 Å². The van der Waals surface area contributed by atoms with Crippen LogP contribution in [0.4, 0.5) is 0 Å². The Kier molecular flexibility index (Phi) is 6.27. The van der Waals surface area contributed by atoms with E-state index in [0.29, 0.717) is 13.2 Å². The SMILES string of the molecule is Cc1c(-c2ccccc2)ccc(OCCN(C)CC(=O)O)c1-c1cccs1. The van der Waals surface area contributed by atoms with E-state index in [1.165, 1.54) is 21.6 Å². The van der Waals surface area contributed by atoms with E-state index in [1.807, 2.05) is 30.3 Å². The van der Waals surface area contributed by atoms with E-state index in [-0.39, 0.29) is 6.54 Å². The highest BCUT2D eigenvalue weighted by Crippen LogP contribution is 2.40. The van der Waals surface area contributed by atoms with Gasteiger partial charge in [0.1, 0.15) is 12.4 Å². The zero-order valence-electron chi connectivity index (χ0n) is 15.5. The molecule has 27 heavy (non-hydrogen) atoms. The predicted octanol–water partition coefficient (Wildman–Crippen LogP) is 4.79. The fourth-order valence-corrected chi connectivity index (χ4v) is 3.92. The maximum Gasteiger partial charge on any atom is 0.317 e. The average Bonchev–Trinajstić information content (AvgIpc) is 3.16. The van der Waals surface area contributed by atoms with Gasteiger partial charge in [-0.25, -0.2) is 0 Å². The van der Waals surface area contributed by atoms with Crippen LogP contribution < -0.4 is 4.74 Å². The van der Waals surface area contributed by atoms with Crippen molar-refractivity contribution in [3.63, 3.8) is 0 Å². The lowest BCUT2D eigenvalue weighted by atomic mass is 9.95. The first-order chi connectivity index (χ1) is 13.1. The van der Waals surface area contributed by atoms with Crippen molar-refractivity contribution in [3.8, 4) is 27.3 Å². The second-order valence-electron chi connectivity index (χ2n) is 6.43. The van der Waals surface area contributed by atoms with Gasteiger partial charge in [-0.2, -0.15) is 0 Å². The lowest BCUT2D eigenvalue weighted by Gasteiger charge is -2.18. The highest BCUT2D eigenvalue weighted by molar-refractivity contribution is 7.13. The summed E-state index contributed by atoms with van der Waals surface area (Å²) in [7, 11) is 1.78. The Morgan fingerprint density at radius 2 is 1.89 bits per heavy atom. The molecular weight excluding hydrogens is 358 g/mol. The summed E-state index contributed by atoms with van der Waals surface area (Å²) in [6, 6.07) is 18.6. The van der Waals surface area contributed by atoms with Crippen LogP contribution in [-0.4, -0.2) is 42.7 Å². The first-order valence-electron chi connectivity index (χ1n) is 8.82. The van der Waals surface area contributed by atoms with Crippen LogP contribution in [0.1, 0.15) is 5.56 Å². The molecule has 3 rings (SSSR count). The number of hydrogen-bond acceptors (Lipinski definition) is 4. The Morgan fingerprint density at radius 3 is 2.56 bits per heavy atom. The highest BCUT2D eigenvalue weighted by Gasteiger charge is 2.15. The molecule has 0 spiro atoms. The number of hydrogen-bond donors (Lipinski definition) is 1. The smallest absolute Gasteiger partial charge is 0.317 e. The van der Waals surface area contributed by atoms with Crippen LogP contribution >= 0.6 is 11.3 Å². The first kappa shape index (κ1) is 19.1. The second kappa shape index (κ2) is 8.84. The third-order valence-corrected chi connectivity index (χ3v) is 5.30. The summed E-state index contributed by atoms with van der Waals surface area (Å²) >= 11 is 1.69. The summed E-state index contributed by atoms with van der Waals surface area (Å²) in [6.07, 6.45) is 0. The van der Waals surface area contributed by atoms with Crippen LogP contribution in [0.3, 0.4) is 0 Å². The number of rotatable bonds is 8. The molecule has 0 aliphatic heterocycles. The molecule has 0 saturated heterocycles. The van der Waals surface area contributed by atoms with Crippen molar-refractivity contribution < 1.29 is 14.6 Å². The first-order valence-corrected chi connectivity index (χ1v) is 9.70. The Bertz CT molecular complexity index is 891. The molecule has 4 nitrogen and oxygen atoms in total. The summed E-state index contributed by atoms with van der Waals surface area (Å²) < 4.78 is 6.06. The number of nitrogens with zero attached hydrogens (tertiary/aromatic N) is 1. The Morgan fingerprint density at radius 1 is 1.11 bits per heavy atom. The van der Waals surface area contributed by atoms with Gasteiger partial charge in [-0.3, -0.25) is 9.69 Å². The third kappa shape index (κ3) is 4.76. The summed E-state index contributed by atoms with van der Waals surface area (Å²) in [4.78, 5) is 13.7. The van der Waals surface area contributed by atoms with Gasteiger partial charge >= 0.3 is 5.97 Å². The summed E-state index contributed by atoms with van der Waals surface area (Å²) in [5.41, 5.74) is 4.65. The predicted molar refractivity (Wildman–Crippen MR) is 111 cm³/mol. The zero-order chi connectivity index (χ0) is 19.2. The Labute approximate surface area is 163 Å². The van der Waals surface area contributed by atoms with Crippen LogP contribution in [-0.2, 0) is 4.79 Å². The monoisotopic (exact) mass is 381 g/mol. The number of benzene rings is 2. The van der Waals surface area contributed by atoms with Crippen molar-refractivity contribution in [2.75, 3.05) is 26.7 Å². The molecule has 1 N–H and O–H groups in total. The van der Waals surface area contributed by atoms with E-state index < -0.39 is 5.97 Å². The minimum Gasteiger partial charge on any atom is -0.492 e. The topological polar surface area (TPSA) is 49.8 Å². The fourth-order valence-electron chi connectivity index (χ4n) is 3.09. The Balaban J connectivity index is 1.88. The standard InChI is InChI=1S/C22H23NO3S/c1-16-18(17-7-4-3-5-8-17)10-11-19(22(16)20-9-6-14-27-20)26-13-12-23(2)15-21(24)25/h3-11,14H,12-13,15H2,1-2H3,(H,24,25). The highest BCUT2D eigenvalue weighted by atomic mass is 32.1. The molecule has 2 aromatic carbocycles. The van der Waals surface area contributed by atoms with Gasteiger partial charge in [0.05, 0.1) is 6.54 Å². The van der Waals surface area contributed by atoms with E-state index in [9.17, 15) is 4.79 Å². The molecule has 1 aromatic heterocycles. The lowest BCUT2D eigenvalue weighted by molar-refractivity contribution is -0.138. The van der Waals surface area contributed by atoms with E-state index in [0.717, 1.165) is 11.3 Å². The minimum atomic E-state index is -0.833. The molecule has 1 heterocycles. The molecule has 0 atom stereocenters. The van der Waals surface area contributed by atoms with Crippen LogP contribution in [0.25, 0.3) is 21.6 Å². The molecule has 0 amide bonds. The summed E-state index contributed by atoms with van der Waals surface area (Å²) in [6.45, 7) is 3.12. The van der Waals surface area contributed by atoms with Crippen molar-refractivity contribution >= 4 is 17.3 Å². The minimum absolute atomic E-state index is 0.00706. The van der Waals surface area contributed by atoms with Crippen molar-refractivity contribution in [2.45, 2.75) is 6.92 Å². The average molecular weight is 381 g/mol. The lowest BCUT2D eigenvalue weighted by Crippen LogP contribution is -2.29. The number of carboxylic acids is 1. The zero-order valence-corrected chi connectivity index (χ0v) is 16.3. The van der Waals surface area contributed by atoms with Gasteiger partial charge in [-0.05, 0) is 48.2 Å². The van der Waals surface area contributed by atoms with E-state index in [4.69, 9.17) is 9.84 Å². The van der Waals surface area contributed by atoms with Gasteiger partial charge < -0.3 is 9.84 Å². The molecular formula is C22H23NO3S. The number of carboxylic acid groups (broad SMARTS) is 1. The van der Waals surface area contributed by atoms with Crippen LogP contribution in [0.15, 0.2) is 60.0 Å². The van der Waals surface area contributed by atoms with Crippen LogP contribution in [0.2, 0.25) is 0 Å². The van der Waals surface area contributed by atoms with Crippen LogP contribution in [0.5, 0.6) is 5.75 Å². The van der Waals surface area contributed by atoms with Gasteiger partial charge in [-0.15, -0.1) is 11.3 Å². The molecule has 0 aliphatic carbocycles. The second-order valence-corrected chi connectivity index (χ2v) is 7.38. The van der Waals surface area contributed by atoms with Gasteiger partial charge in [-0.1, -0.05) is 42.5 Å². The van der Waals surface area contributed by atoms with Crippen molar-refractivity contribution in [3.05, 3.63) is 65.5 Å². The van der Waals surface area contributed by atoms with Crippen LogP contribution in [0, 0.1) is 6.92 Å². The maximum atomic E-state index is 10.8. The fraction of sp³-hybridized carbons (Fsp3) is 0.227. The number of likely N-dealkylation sites (N-methyl/N-ethyl adjacent to an activating group) is 1. The maximum absolute atomic E-state index is 10.8. The van der Waals surface area contributed by atoms with E-state index >= 15 is 0 Å². The molecule has 0 radical (unpaired) electrons. The Hall–Kier alpha value is -2.63. The summed E-state index contributed by atoms with van der Waals surface area (Å²) in [5.74, 6) is -0.00168. The van der Waals surface area contributed by atoms with Crippen molar-refractivity contribution in [2.24, 2.45) is 0 Å². The van der Waals surface area contributed by atoms with Gasteiger partial charge in [0.25, 0.3) is 0 Å². The third-order valence-electron chi connectivity index (χ3n) is 4.41. The van der Waals surface area contributed by atoms with Gasteiger partial charge in [0.15, 0.2) is 0 Å². The molecule has 0 unspecified atom stereocenters. The van der Waals surface area contributed by atoms with E-state index in [1.54, 1.807) is 23.3 Å². The number of thiophene rings is 1. The largest absolute Gasteiger partial charge is 0.492 e. The molecule has 3 aromatic rings. The van der Waals surface area contributed by atoms with E-state index in [2.05, 4.69) is 36.6 Å². The van der Waals surface area contributed by atoms with Crippen molar-refractivity contribution in [1.29, 1.82) is 0 Å². The molecule has 0 saturated carbocycles. The number of carbonyl (C=O) groups is 1. The quantitative estimate of drug-likeness (QED) is 0.610. The summed E-state index contributed by atoms with van der Waals surface area (Å²) in [5, 5.41) is 10.9. The molecule has 0 fully saturated rings. The molecule has 0 aliphatic rings.